The highest BCUT2D eigenvalue weighted by atomic mass is 16.5. The Hall–Kier alpha value is -2.24. The number of ether oxygens (including phenoxy) is 1. The molecular formula is C18H21N3O2. The molecule has 1 aliphatic rings. The second kappa shape index (κ2) is 6.89. The zero-order chi connectivity index (χ0) is 16.2. The third-order valence-corrected chi connectivity index (χ3v) is 4.11. The minimum Gasteiger partial charge on any atom is -0.384 e. The molecule has 120 valence electrons. The van der Waals surface area contributed by atoms with Gasteiger partial charge in [0.2, 0.25) is 0 Å². The second-order valence-electron chi connectivity index (χ2n) is 5.76. The lowest BCUT2D eigenvalue weighted by Crippen LogP contribution is -2.41. The van der Waals surface area contributed by atoms with Crippen LogP contribution in [-0.4, -0.2) is 42.0 Å². The Morgan fingerprint density at radius 1 is 1.22 bits per heavy atom. The summed E-state index contributed by atoms with van der Waals surface area (Å²) in [7, 11) is 0. The fraction of sp³-hybridized carbons (Fsp3) is 0.333. The van der Waals surface area contributed by atoms with Gasteiger partial charge in [-0.2, -0.15) is 0 Å². The predicted molar refractivity (Wildman–Crippen MR) is 89.9 cm³/mol. The van der Waals surface area contributed by atoms with Gasteiger partial charge in [-0.25, -0.2) is 4.98 Å². The first-order valence-corrected chi connectivity index (χ1v) is 7.79. The molecule has 0 bridgehead atoms. The van der Waals surface area contributed by atoms with Gasteiger partial charge in [-0.3, -0.25) is 9.69 Å². The molecule has 2 aromatic rings. The van der Waals surface area contributed by atoms with Gasteiger partial charge in [0.1, 0.15) is 5.82 Å². The highest BCUT2D eigenvalue weighted by Crippen LogP contribution is 2.28. The van der Waals surface area contributed by atoms with E-state index in [9.17, 15) is 4.79 Å². The van der Waals surface area contributed by atoms with Crippen molar-refractivity contribution >= 4 is 11.6 Å². The number of carbonyl (C=O) groups excluding carboxylic acids is 1. The van der Waals surface area contributed by atoms with E-state index in [0.29, 0.717) is 19.0 Å². The molecule has 0 radical (unpaired) electrons. The number of carbonyl (C=O) groups is 1. The van der Waals surface area contributed by atoms with Crippen LogP contribution in [0.15, 0.2) is 42.6 Å². The maximum Gasteiger partial charge on any atom is 0.151 e. The van der Waals surface area contributed by atoms with Crippen LogP contribution in [0.3, 0.4) is 0 Å². The van der Waals surface area contributed by atoms with Crippen molar-refractivity contribution in [1.29, 1.82) is 0 Å². The van der Waals surface area contributed by atoms with Crippen LogP contribution in [-0.2, 0) is 9.53 Å². The van der Waals surface area contributed by atoms with Gasteiger partial charge in [0.15, 0.2) is 5.78 Å². The van der Waals surface area contributed by atoms with E-state index in [4.69, 9.17) is 10.5 Å². The zero-order valence-corrected chi connectivity index (χ0v) is 13.2. The number of hydrogen-bond donors (Lipinski definition) is 1. The fourth-order valence-corrected chi connectivity index (χ4v) is 3.05. The number of benzene rings is 1. The molecule has 1 saturated heterocycles. The van der Waals surface area contributed by atoms with E-state index in [0.717, 1.165) is 29.8 Å². The SMILES string of the molecule is CC(=O)C(c1cccc(-c2ccnc(N)c2)c1)N1CCOCC1. The van der Waals surface area contributed by atoms with Gasteiger partial charge in [0.25, 0.3) is 0 Å². The van der Waals surface area contributed by atoms with Gasteiger partial charge in [-0.15, -0.1) is 0 Å². The Labute approximate surface area is 136 Å². The standard InChI is InChI=1S/C18H21N3O2/c1-13(22)18(21-7-9-23-10-8-21)16-4-2-3-14(11-16)15-5-6-20-17(19)12-15/h2-6,11-12,18H,7-10H2,1H3,(H2,19,20). The maximum atomic E-state index is 12.2. The largest absolute Gasteiger partial charge is 0.384 e. The first-order chi connectivity index (χ1) is 11.1. The number of pyridine rings is 1. The molecule has 0 aliphatic carbocycles. The molecule has 5 nitrogen and oxygen atoms in total. The highest BCUT2D eigenvalue weighted by Gasteiger charge is 2.26. The summed E-state index contributed by atoms with van der Waals surface area (Å²) < 4.78 is 5.40. The maximum absolute atomic E-state index is 12.2. The summed E-state index contributed by atoms with van der Waals surface area (Å²) in [6, 6.07) is 11.6. The average molecular weight is 311 g/mol. The molecule has 3 rings (SSSR count). The quantitative estimate of drug-likeness (QED) is 0.938. The molecule has 0 saturated carbocycles. The van der Waals surface area contributed by atoms with Crippen LogP contribution < -0.4 is 5.73 Å². The summed E-state index contributed by atoms with van der Waals surface area (Å²) in [5.41, 5.74) is 8.82. The molecule has 23 heavy (non-hydrogen) atoms. The number of hydrogen-bond acceptors (Lipinski definition) is 5. The molecule has 1 unspecified atom stereocenters. The van der Waals surface area contributed by atoms with E-state index in [1.54, 1.807) is 13.1 Å². The number of aromatic nitrogens is 1. The van der Waals surface area contributed by atoms with Gasteiger partial charge >= 0.3 is 0 Å². The molecule has 0 spiro atoms. The molecule has 1 aromatic carbocycles. The summed E-state index contributed by atoms with van der Waals surface area (Å²) >= 11 is 0. The predicted octanol–water partition coefficient (Wildman–Crippen LogP) is 2.29. The van der Waals surface area contributed by atoms with E-state index in [-0.39, 0.29) is 11.8 Å². The molecule has 5 heteroatoms. The van der Waals surface area contributed by atoms with Crippen LogP contribution >= 0.6 is 0 Å². The number of nitrogens with two attached hydrogens (primary N) is 1. The third kappa shape index (κ3) is 3.57. The lowest BCUT2D eigenvalue weighted by atomic mass is 9.96. The van der Waals surface area contributed by atoms with Crippen molar-refractivity contribution in [2.75, 3.05) is 32.0 Å². The zero-order valence-electron chi connectivity index (χ0n) is 13.2. The van der Waals surface area contributed by atoms with Gasteiger partial charge in [-0.1, -0.05) is 18.2 Å². The van der Waals surface area contributed by atoms with Crippen molar-refractivity contribution < 1.29 is 9.53 Å². The molecule has 2 N–H and O–H groups in total. The van der Waals surface area contributed by atoms with E-state index in [1.165, 1.54) is 0 Å². The Bertz CT molecular complexity index is 696. The summed E-state index contributed by atoms with van der Waals surface area (Å²) in [5, 5.41) is 0. The minimum atomic E-state index is -0.224. The fourth-order valence-electron chi connectivity index (χ4n) is 3.05. The summed E-state index contributed by atoms with van der Waals surface area (Å²) in [4.78, 5) is 18.4. The van der Waals surface area contributed by atoms with E-state index in [2.05, 4.69) is 16.0 Å². The lowest BCUT2D eigenvalue weighted by Gasteiger charge is -2.33. The molecule has 1 atom stereocenters. The average Bonchev–Trinajstić information content (AvgIpc) is 2.56. The molecule has 1 aliphatic heterocycles. The van der Waals surface area contributed by atoms with E-state index >= 15 is 0 Å². The van der Waals surface area contributed by atoms with Crippen LogP contribution in [0.4, 0.5) is 5.82 Å². The Kier molecular flexibility index (Phi) is 4.69. The van der Waals surface area contributed by atoms with Crippen LogP contribution in [0, 0.1) is 0 Å². The number of morpholine rings is 1. The number of ketones is 1. The summed E-state index contributed by atoms with van der Waals surface area (Å²) in [6.45, 7) is 4.54. The molecule has 0 amide bonds. The van der Waals surface area contributed by atoms with E-state index < -0.39 is 0 Å². The monoisotopic (exact) mass is 311 g/mol. The smallest absolute Gasteiger partial charge is 0.151 e. The lowest BCUT2D eigenvalue weighted by molar-refractivity contribution is -0.124. The molecule has 2 heterocycles. The van der Waals surface area contributed by atoms with E-state index in [1.807, 2.05) is 30.3 Å². The van der Waals surface area contributed by atoms with Crippen LogP contribution in [0.2, 0.25) is 0 Å². The van der Waals surface area contributed by atoms with Gasteiger partial charge in [0.05, 0.1) is 19.3 Å². The van der Waals surface area contributed by atoms with Gasteiger partial charge in [0, 0.05) is 19.3 Å². The first-order valence-electron chi connectivity index (χ1n) is 7.79. The molecule has 1 fully saturated rings. The van der Waals surface area contributed by atoms with Crippen molar-refractivity contribution in [2.45, 2.75) is 13.0 Å². The van der Waals surface area contributed by atoms with Crippen LogP contribution in [0.1, 0.15) is 18.5 Å². The topological polar surface area (TPSA) is 68.5 Å². The van der Waals surface area contributed by atoms with Crippen molar-refractivity contribution in [3.05, 3.63) is 48.2 Å². The number of nitrogen functional groups attached to an aromatic ring is 1. The van der Waals surface area contributed by atoms with Gasteiger partial charge in [-0.05, 0) is 41.8 Å². The first kappa shape index (κ1) is 15.6. The number of rotatable bonds is 4. The van der Waals surface area contributed by atoms with Crippen LogP contribution in [0.5, 0.6) is 0 Å². The van der Waals surface area contributed by atoms with Gasteiger partial charge < -0.3 is 10.5 Å². The number of Topliss-reactive ketones (excluding diaryl/α,β-unsaturated/α-hetero) is 1. The Morgan fingerprint density at radius 3 is 2.65 bits per heavy atom. The van der Waals surface area contributed by atoms with Crippen molar-refractivity contribution in [3.63, 3.8) is 0 Å². The highest BCUT2D eigenvalue weighted by molar-refractivity contribution is 5.83. The summed E-state index contributed by atoms with van der Waals surface area (Å²) in [5.74, 6) is 0.641. The summed E-state index contributed by atoms with van der Waals surface area (Å²) in [6.07, 6.45) is 1.70. The Morgan fingerprint density at radius 2 is 1.96 bits per heavy atom. The Balaban J connectivity index is 1.94. The second-order valence-corrected chi connectivity index (χ2v) is 5.76. The van der Waals surface area contributed by atoms with Crippen LogP contribution in [0.25, 0.3) is 11.1 Å². The molecule has 1 aromatic heterocycles. The normalized spacial score (nSPS) is 16.9. The number of anilines is 1. The van der Waals surface area contributed by atoms with Crippen molar-refractivity contribution in [1.82, 2.24) is 9.88 Å². The van der Waals surface area contributed by atoms with Crippen molar-refractivity contribution in [3.8, 4) is 11.1 Å². The number of nitrogens with zero attached hydrogens (tertiary/aromatic N) is 2. The van der Waals surface area contributed by atoms with Crippen molar-refractivity contribution in [2.24, 2.45) is 0 Å². The third-order valence-electron chi connectivity index (χ3n) is 4.11. The molecular weight excluding hydrogens is 290 g/mol. The minimum absolute atomic E-state index is 0.151.